The molecule has 0 saturated carbocycles. The summed E-state index contributed by atoms with van der Waals surface area (Å²) in [5.41, 5.74) is 7.24. The van der Waals surface area contributed by atoms with Gasteiger partial charge in [0.1, 0.15) is 10.7 Å². The second-order valence-corrected chi connectivity index (χ2v) is 4.75. The molecule has 17 heavy (non-hydrogen) atoms. The number of rotatable bonds is 3. The van der Waals surface area contributed by atoms with Gasteiger partial charge >= 0.3 is 0 Å². The van der Waals surface area contributed by atoms with Crippen molar-refractivity contribution in [1.82, 2.24) is 4.98 Å². The average molecular weight is 251 g/mol. The summed E-state index contributed by atoms with van der Waals surface area (Å²) < 4.78 is 5.52. The number of thiocarbonyl (C=S) groups is 1. The van der Waals surface area contributed by atoms with Crippen LogP contribution in [0.1, 0.15) is 25.5 Å². The van der Waals surface area contributed by atoms with Crippen molar-refractivity contribution < 1.29 is 4.74 Å². The number of nitrogens with two attached hydrogens (primary N) is 1. The third kappa shape index (κ3) is 3.14. The lowest BCUT2D eigenvalue weighted by Crippen LogP contribution is -2.33. The summed E-state index contributed by atoms with van der Waals surface area (Å²) in [7, 11) is 0. The molecule has 92 valence electrons. The van der Waals surface area contributed by atoms with Crippen molar-refractivity contribution in [3.63, 3.8) is 0 Å². The number of ether oxygens (including phenoxy) is 1. The van der Waals surface area contributed by atoms with Crippen LogP contribution >= 0.6 is 12.2 Å². The molecule has 2 unspecified atom stereocenters. The molecule has 0 bridgehead atoms. The molecule has 0 aliphatic carbocycles. The molecular formula is C12H17N3OS. The third-order valence-corrected chi connectivity index (χ3v) is 3.08. The van der Waals surface area contributed by atoms with Gasteiger partial charge in [-0.15, -0.1) is 0 Å². The largest absolute Gasteiger partial charge is 0.388 e. The number of aromatic nitrogens is 1. The van der Waals surface area contributed by atoms with E-state index in [9.17, 15) is 0 Å². The quantitative estimate of drug-likeness (QED) is 0.801. The van der Waals surface area contributed by atoms with Gasteiger partial charge in [-0.05, 0) is 31.9 Å². The van der Waals surface area contributed by atoms with Gasteiger partial charge in [0.2, 0.25) is 0 Å². The van der Waals surface area contributed by atoms with Crippen LogP contribution in [0.3, 0.4) is 0 Å². The highest BCUT2D eigenvalue weighted by Crippen LogP contribution is 2.20. The zero-order valence-corrected chi connectivity index (χ0v) is 10.7. The van der Waals surface area contributed by atoms with Crippen LogP contribution in [0, 0.1) is 0 Å². The molecule has 0 radical (unpaired) electrons. The lowest BCUT2D eigenvalue weighted by Gasteiger charge is -2.29. The monoisotopic (exact) mass is 251 g/mol. The van der Waals surface area contributed by atoms with Crippen molar-refractivity contribution in [3.05, 3.63) is 24.0 Å². The molecule has 1 saturated heterocycles. The molecule has 0 spiro atoms. The second kappa shape index (κ2) is 5.42. The number of anilines is 1. The highest BCUT2D eigenvalue weighted by Gasteiger charge is 2.20. The number of nitrogens with zero attached hydrogens (tertiary/aromatic N) is 1. The van der Waals surface area contributed by atoms with Gasteiger partial charge in [0.15, 0.2) is 0 Å². The number of nitrogens with one attached hydrogen (secondary N) is 1. The van der Waals surface area contributed by atoms with Gasteiger partial charge in [-0.25, -0.2) is 0 Å². The maximum Gasteiger partial charge on any atom is 0.124 e. The fourth-order valence-corrected chi connectivity index (χ4v) is 2.23. The first-order chi connectivity index (χ1) is 8.16. The van der Waals surface area contributed by atoms with E-state index in [1.54, 1.807) is 6.20 Å². The van der Waals surface area contributed by atoms with Crippen molar-refractivity contribution in [3.8, 4) is 0 Å². The van der Waals surface area contributed by atoms with E-state index in [-0.39, 0.29) is 0 Å². The van der Waals surface area contributed by atoms with Crippen molar-refractivity contribution in [2.75, 3.05) is 11.9 Å². The molecule has 1 fully saturated rings. The summed E-state index contributed by atoms with van der Waals surface area (Å²) in [6.07, 6.45) is 3.99. The molecule has 3 N–H and O–H groups in total. The highest BCUT2D eigenvalue weighted by molar-refractivity contribution is 7.80. The van der Waals surface area contributed by atoms with E-state index in [1.807, 2.05) is 12.1 Å². The Kier molecular flexibility index (Phi) is 3.91. The van der Waals surface area contributed by atoms with Crippen LogP contribution in [-0.4, -0.2) is 28.7 Å². The first-order valence-corrected chi connectivity index (χ1v) is 6.20. The third-order valence-electron chi connectivity index (χ3n) is 2.89. The minimum absolute atomic E-state index is 0.297. The normalized spacial score (nSPS) is 24.3. The molecule has 2 atom stereocenters. The lowest BCUT2D eigenvalue weighted by molar-refractivity contribution is 0.0232. The Balaban J connectivity index is 2.10. The fraction of sp³-hybridized carbons (Fsp3) is 0.500. The molecule has 5 heteroatoms. The van der Waals surface area contributed by atoms with Crippen molar-refractivity contribution in [2.24, 2.45) is 5.73 Å². The molecule has 2 heterocycles. The van der Waals surface area contributed by atoms with Crippen LogP contribution in [0.15, 0.2) is 18.3 Å². The second-order valence-electron chi connectivity index (χ2n) is 4.31. The molecule has 0 aromatic carbocycles. The van der Waals surface area contributed by atoms with Gasteiger partial charge in [0, 0.05) is 18.8 Å². The SMILES string of the molecule is CC1CC(Nc2cccnc2C(N)=S)CCO1. The van der Waals surface area contributed by atoms with Crippen molar-refractivity contribution in [1.29, 1.82) is 0 Å². The maximum absolute atomic E-state index is 5.65. The topological polar surface area (TPSA) is 60.2 Å². The summed E-state index contributed by atoms with van der Waals surface area (Å²) in [4.78, 5) is 4.53. The molecular weight excluding hydrogens is 234 g/mol. The Morgan fingerprint density at radius 1 is 1.65 bits per heavy atom. The fourth-order valence-electron chi connectivity index (χ4n) is 2.07. The summed E-state index contributed by atoms with van der Waals surface area (Å²) in [6.45, 7) is 2.88. The predicted octanol–water partition coefficient (Wildman–Crippen LogP) is 1.70. The molecule has 1 aromatic rings. The van der Waals surface area contributed by atoms with Crippen LogP contribution in [-0.2, 0) is 4.74 Å². The minimum Gasteiger partial charge on any atom is -0.388 e. The van der Waals surface area contributed by atoms with Crippen molar-refractivity contribution >= 4 is 22.9 Å². The van der Waals surface area contributed by atoms with Crippen LogP contribution in [0.25, 0.3) is 0 Å². The molecule has 1 aromatic heterocycles. The van der Waals surface area contributed by atoms with E-state index in [0.29, 0.717) is 22.8 Å². The van der Waals surface area contributed by atoms with E-state index in [0.717, 1.165) is 25.1 Å². The minimum atomic E-state index is 0.297. The predicted molar refractivity (Wildman–Crippen MR) is 72.2 cm³/mol. The summed E-state index contributed by atoms with van der Waals surface area (Å²) in [5, 5.41) is 3.45. The van der Waals surface area contributed by atoms with E-state index < -0.39 is 0 Å². The van der Waals surface area contributed by atoms with E-state index in [2.05, 4.69) is 17.2 Å². The van der Waals surface area contributed by atoms with Crippen LogP contribution in [0.4, 0.5) is 5.69 Å². The van der Waals surface area contributed by atoms with Crippen molar-refractivity contribution in [2.45, 2.75) is 31.9 Å². The highest BCUT2D eigenvalue weighted by atomic mass is 32.1. The zero-order chi connectivity index (χ0) is 12.3. The molecule has 2 rings (SSSR count). The van der Waals surface area contributed by atoms with E-state index in [4.69, 9.17) is 22.7 Å². The van der Waals surface area contributed by atoms with E-state index >= 15 is 0 Å². The van der Waals surface area contributed by atoms with Gasteiger partial charge in [0.05, 0.1) is 11.8 Å². The van der Waals surface area contributed by atoms with Gasteiger partial charge in [-0.1, -0.05) is 12.2 Å². The van der Waals surface area contributed by atoms with Gasteiger partial charge in [0.25, 0.3) is 0 Å². The van der Waals surface area contributed by atoms with Crippen LogP contribution in [0.5, 0.6) is 0 Å². The van der Waals surface area contributed by atoms with Gasteiger partial charge in [-0.3, -0.25) is 4.98 Å². The summed E-state index contributed by atoms with van der Waals surface area (Å²) in [5.74, 6) is 0. The summed E-state index contributed by atoms with van der Waals surface area (Å²) in [6, 6.07) is 4.24. The van der Waals surface area contributed by atoms with Crippen LogP contribution in [0.2, 0.25) is 0 Å². The first-order valence-electron chi connectivity index (χ1n) is 5.80. The number of hydrogen-bond donors (Lipinski definition) is 2. The Hall–Kier alpha value is -1.20. The van der Waals surface area contributed by atoms with Gasteiger partial charge < -0.3 is 15.8 Å². The number of hydrogen-bond acceptors (Lipinski definition) is 4. The number of pyridine rings is 1. The lowest BCUT2D eigenvalue weighted by atomic mass is 10.0. The molecule has 1 aliphatic heterocycles. The Labute approximate surface area is 107 Å². The Morgan fingerprint density at radius 2 is 2.47 bits per heavy atom. The van der Waals surface area contributed by atoms with Gasteiger partial charge in [-0.2, -0.15) is 0 Å². The zero-order valence-electron chi connectivity index (χ0n) is 9.85. The molecule has 1 aliphatic rings. The first kappa shape index (κ1) is 12.3. The molecule has 0 amide bonds. The maximum atomic E-state index is 5.65. The Bertz CT molecular complexity index is 410. The standard InChI is InChI=1S/C12H17N3OS/c1-8-7-9(4-6-16-8)15-10-3-2-5-14-11(10)12(13)17/h2-3,5,8-9,15H,4,6-7H2,1H3,(H2,13,17). The van der Waals surface area contributed by atoms with Crippen LogP contribution < -0.4 is 11.1 Å². The summed E-state index contributed by atoms with van der Waals surface area (Å²) >= 11 is 4.99. The average Bonchev–Trinajstić information content (AvgIpc) is 2.29. The smallest absolute Gasteiger partial charge is 0.124 e. The molecule has 4 nitrogen and oxygen atoms in total. The van der Waals surface area contributed by atoms with E-state index in [1.165, 1.54) is 0 Å². The Morgan fingerprint density at radius 3 is 3.18 bits per heavy atom.